The maximum absolute atomic E-state index is 12.7. The SMILES string of the molecule is CNCC1CCN(C(=O)c2ccc(-c3ccsc3)nc2C)C1.Cl.Cl. The average Bonchev–Trinajstić information content (AvgIpc) is 3.18. The summed E-state index contributed by atoms with van der Waals surface area (Å²) in [7, 11) is 1.96. The maximum atomic E-state index is 12.7. The molecule has 24 heavy (non-hydrogen) atoms. The van der Waals surface area contributed by atoms with Crippen LogP contribution in [0.3, 0.4) is 0 Å². The zero-order valence-electron chi connectivity index (χ0n) is 13.8. The van der Waals surface area contributed by atoms with Crippen molar-refractivity contribution in [1.29, 1.82) is 0 Å². The van der Waals surface area contributed by atoms with Gasteiger partial charge in [0.15, 0.2) is 0 Å². The molecule has 1 unspecified atom stereocenters. The molecule has 1 atom stereocenters. The van der Waals surface area contributed by atoms with Crippen LogP contribution in [0, 0.1) is 12.8 Å². The van der Waals surface area contributed by atoms with Gasteiger partial charge in [-0.25, -0.2) is 0 Å². The summed E-state index contributed by atoms with van der Waals surface area (Å²) in [5, 5.41) is 7.31. The summed E-state index contributed by atoms with van der Waals surface area (Å²) >= 11 is 1.65. The molecule has 3 rings (SSSR count). The number of nitrogens with one attached hydrogen (secondary N) is 1. The van der Waals surface area contributed by atoms with Crippen molar-refractivity contribution in [2.45, 2.75) is 13.3 Å². The number of nitrogens with zero attached hydrogens (tertiary/aromatic N) is 2. The Labute approximate surface area is 159 Å². The molecule has 2 aromatic rings. The molecule has 7 heteroatoms. The first-order valence-corrected chi connectivity index (χ1v) is 8.57. The van der Waals surface area contributed by atoms with Crippen LogP contribution in [0.2, 0.25) is 0 Å². The van der Waals surface area contributed by atoms with Gasteiger partial charge in [-0.3, -0.25) is 9.78 Å². The van der Waals surface area contributed by atoms with E-state index in [9.17, 15) is 4.79 Å². The molecule has 1 aliphatic heterocycles. The fraction of sp³-hybridized carbons (Fsp3) is 0.412. The topological polar surface area (TPSA) is 45.2 Å². The highest BCUT2D eigenvalue weighted by atomic mass is 35.5. The number of aromatic nitrogens is 1. The summed E-state index contributed by atoms with van der Waals surface area (Å²) in [4.78, 5) is 19.2. The number of carbonyl (C=O) groups excluding carboxylic acids is 1. The lowest BCUT2D eigenvalue weighted by atomic mass is 10.1. The van der Waals surface area contributed by atoms with Crippen molar-refractivity contribution >= 4 is 42.1 Å². The third-order valence-corrected chi connectivity index (χ3v) is 4.88. The van der Waals surface area contributed by atoms with E-state index in [0.717, 1.165) is 48.6 Å². The van der Waals surface area contributed by atoms with E-state index in [1.165, 1.54) is 0 Å². The molecule has 1 N–H and O–H groups in total. The number of amides is 1. The summed E-state index contributed by atoms with van der Waals surface area (Å²) in [6.45, 7) is 4.57. The van der Waals surface area contributed by atoms with Crippen molar-refractivity contribution in [1.82, 2.24) is 15.2 Å². The maximum Gasteiger partial charge on any atom is 0.255 e. The first-order valence-electron chi connectivity index (χ1n) is 7.63. The third kappa shape index (κ3) is 4.48. The van der Waals surface area contributed by atoms with Gasteiger partial charge in [0.2, 0.25) is 0 Å². The highest BCUT2D eigenvalue weighted by Gasteiger charge is 2.27. The van der Waals surface area contributed by atoms with Crippen LogP contribution in [0.1, 0.15) is 22.5 Å². The molecule has 1 saturated heterocycles. The molecule has 132 valence electrons. The van der Waals surface area contributed by atoms with Crippen LogP contribution in [0.5, 0.6) is 0 Å². The van der Waals surface area contributed by atoms with Crippen LogP contribution in [0.15, 0.2) is 29.0 Å². The number of carbonyl (C=O) groups is 1. The summed E-state index contributed by atoms with van der Waals surface area (Å²) in [5.74, 6) is 0.674. The van der Waals surface area contributed by atoms with Gasteiger partial charge in [0, 0.05) is 24.0 Å². The Balaban J connectivity index is 0.00000144. The van der Waals surface area contributed by atoms with Gasteiger partial charge in [-0.05, 0) is 56.4 Å². The second-order valence-electron chi connectivity index (χ2n) is 5.81. The fourth-order valence-electron chi connectivity index (χ4n) is 3.00. The highest BCUT2D eigenvalue weighted by Crippen LogP contribution is 2.23. The van der Waals surface area contributed by atoms with Crippen molar-refractivity contribution in [2.24, 2.45) is 5.92 Å². The number of hydrogen-bond donors (Lipinski definition) is 1. The Morgan fingerprint density at radius 1 is 1.38 bits per heavy atom. The van der Waals surface area contributed by atoms with E-state index in [2.05, 4.69) is 21.7 Å². The number of pyridine rings is 1. The number of rotatable bonds is 4. The first kappa shape index (κ1) is 20.9. The van der Waals surface area contributed by atoms with Crippen LogP contribution >= 0.6 is 36.2 Å². The number of thiophene rings is 1. The van der Waals surface area contributed by atoms with Gasteiger partial charge in [-0.1, -0.05) is 0 Å². The Morgan fingerprint density at radius 2 is 2.17 bits per heavy atom. The van der Waals surface area contributed by atoms with E-state index in [1.807, 2.05) is 36.4 Å². The van der Waals surface area contributed by atoms with Gasteiger partial charge >= 0.3 is 0 Å². The average molecular weight is 388 g/mol. The van der Waals surface area contributed by atoms with Gasteiger partial charge in [0.25, 0.3) is 5.91 Å². The molecule has 0 bridgehead atoms. The van der Waals surface area contributed by atoms with Crippen LogP contribution in [-0.2, 0) is 0 Å². The summed E-state index contributed by atoms with van der Waals surface area (Å²) < 4.78 is 0. The quantitative estimate of drug-likeness (QED) is 0.870. The van der Waals surface area contributed by atoms with E-state index >= 15 is 0 Å². The summed E-state index contributed by atoms with van der Waals surface area (Å²) in [6, 6.07) is 5.92. The minimum absolute atomic E-state index is 0. The largest absolute Gasteiger partial charge is 0.338 e. The van der Waals surface area contributed by atoms with E-state index in [0.29, 0.717) is 5.92 Å². The number of halogens is 2. The molecule has 0 spiro atoms. The second-order valence-corrected chi connectivity index (χ2v) is 6.59. The monoisotopic (exact) mass is 387 g/mol. The standard InChI is InChI=1S/C17H21N3OS.2ClH/c1-12-15(3-4-16(19-12)14-6-8-22-11-14)17(21)20-7-5-13(10-20)9-18-2;;/h3-4,6,8,11,13,18H,5,7,9-10H2,1-2H3;2*1H. The Bertz CT molecular complexity index is 664. The van der Waals surface area contributed by atoms with Crippen LogP contribution in [0.4, 0.5) is 0 Å². The first-order chi connectivity index (χ1) is 10.7. The van der Waals surface area contributed by atoms with Gasteiger partial charge in [0.05, 0.1) is 17.0 Å². The smallest absolute Gasteiger partial charge is 0.255 e. The van der Waals surface area contributed by atoms with E-state index in [-0.39, 0.29) is 30.7 Å². The Kier molecular flexibility index (Phi) is 8.16. The summed E-state index contributed by atoms with van der Waals surface area (Å²) in [6.07, 6.45) is 1.08. The zero-order chi connectivity index (χ0) is 15.5. The third-order valence-electron chi connectivity index (χ3n) is 4.20. The van der Waals surface area contributed by atoms with Crippen LogP contribution < -0.4 is 5.32 Å². The van der Waals surface area contributed by atoms with Crippen molar-refractivity contribution in [3.63, 3.8) is 0 Å². The lowest BCUT2D eigenvalue weighted by molar-refractivity contribution is 0.0786. The molecule has 0 radical (unpaired) electrons. The normalized spacial score (nSPS) is 16.4. The molecule has 0 aliphatic carbocycles. The molecule has 0 saturated carbocycles. The minimum atomic E-state index is 0. The molecule has 0 aromatic carbocycles. The molecule has 4 nitrogen and oxygen atoms in total. The molecule has 1 amide bonds. The van der Waals surface area contributed by atoms with Crippen molar-refractivity contribution in [3.8, 4) is 11.3 Å². The van der Waals surface area contributed by atoms with Gasteiger partial charge in [-0.2, -0.15) is 11.3 Å². The van der Waals surface area contributed by atoms with Crippen molar-refractivity contribution < 1.29 is 4.79 Å². The molecular weight excluding hydrogens is 365 g/mol. The highest BCUT2D eigenvalue weighted by molar-refractivity contribution is 7.08. The number of likely N-dealkylation sites (tertiary alicyclic amines) is 1. The minimum Gasteiger partial charge on any atom is -0.338 e. The zero-order valence-corrected chi connectivity index (χ0v) is 16.3. The van der Waals surface area contributed by atoms with Crippen molar-refractivity contribution in [2.75, 3.05) is 26.7 Å². The molecule has 3 heterocycles. The predicted molar refractivity (Wildman–Crippen MR) is 105 cm³/mol. The lowest BCUT2D eigenvalue weighted by Crippen LogP contribution is -2.31. The molecule has 1 aliphatic rings. The fourth-order valence-corrected chi connectivity index (χ4v) is 3.65. The van der Waals surface area contributed by atoms with Gasteiger partial charge in [-0.15, -0.1) is 24.8 Å². The Morgan fingerprint density at radius 3 is 2.79 bits per heavy atom. The second kappa shape index (κ2) is 9.37. The molecular formula is C17H23Cl2N3OS. The number of aryl methyl sites for hydroxylation is 1. The molecule has 1 fully saturated rings. The van der Waals surface area contributed by atoms with E-state index in [1.54, 1.807) is 11.3 Å². The van der Waals surface area contributed by atoms with Gasteiger partial charge < -0.3 is 10.2 Å². The van der Waals surface area contributed by atoms with Crippen molar-refractivity contribution in [3.05, 3.63) is 40.2 Å². The van der Waals surface area contributed by atoms with Crippen LogP contribution in [-0.4, -0.2) is 42.5 Å². The Hall–Kier alpha value is -1.14. The predicted octanol–water partition coefficient (Wildman–Crippen LogP) is 3.64. The van der Waals surface area contributed by atoms with E-state index in [4.69, 9.17) is 0 Å². The number of hydrogen-bond acceptors (Lipinski definition) is 4. The van der Waals surface area contributed by atoms with Crippen LogP contribution in [0.25, 0.3) is 11.3 Å². The molecule has 2 aromatic heterocycles. The lowest BCUT2D eigenvalue weighted by Gasteiger charge is -2.18. The van der Waals surface area contributed by atoms with Gasteiger partial charge in [0.1, 0.15) is 0 Å². The summed E-state index contributed by atoms with van der Waals surface area (Å²) in [5.41, 5.74) is 3.59. The van der Waals surface area contributed by atoms with E-state index < -0.39 is 0 Å².